The third-order valence-electron chi connectivity index (χ3n) is 3.51. The highest BCUT2D eigenvalue weighted by atomic mass is 32.2. The number of fused-ring (bicyclic) bond motifs is 1. The number of ether oxygens (including phenoxy) is 1. The molecular weight excluding hydrogens is 332 g/mol. The Balaban J connectivity index is 2.22. The molecule has 1 aromatic carbocycles. The van der Waals surface area contributed by atoms with Crippen LogP contribution in [0.3, 0.4) is 0 Å². The largest absolute Gasteiger partial charge is 0.481 e. The van der Waals surface area contributed by atoms with Crippen LogP contribution in [0.2, 0.25) is 0 Å². The van der Waals surface area contributed by atoms with Crippen molar-refractivity contribution in [1.82, 2.24) is 8.96 Å². The zero-order valence-electron chi connectivity index (χ0n) is 12.7. The highest BCUT2D eigenvalue weighted by Gasteiger charge is 2.25. The van der Waals surface area contributed by atoms with Crippen molar-refractivity contribution >= 4 is 26.9 Å². The lowest BCUT2D eigenvalue weighted by Crippen LogP contribution is -2.19. The molecule has 24 heavy (non-hydrogen) atoms. The number of aromatic nitrogens is 2. The van der Waals surface area contributed by atoms with Crippen LogP contribution in [0, 0.1) is 0 Å². The molecule has 1 N–H and O–H groups in total. The van der Waals surface area contributed by atoms with Crippen molar-refractivity contribution < 1.29 is 23.1 Å². The minimum atomic E-state index is -3.94. The van der Waals surface area contributed by atoms with Crippen molar-refractivity contribution in [2.75, 3.05) is 7.11 Å². The Labute approximate surface area is 138 Å². The Morgan fingerprint density at radius 1 is 1.25 bits per heavy atom. The summed E-state index contributed by atoms with van der Waals surface area (Å²) in [6, 6.07) is 11.3. The first-order valence-electron chi connectivity index (χ1n) is 6.98. The molecule has 3 rings (SSSR count). The average Bonchev–Trinajstić information content (AvgIpc) is 2.95. The molecule has 0 aliphatic heterocycles. The van der Waals surface area contributed by atoms with Gasteiger partial charge >= 0.3 is 5.97 Å². The molecule has 0 atom stereocenters. The van der Waals surface area contributed by atoms with Crippen LogP contribution >= 0.6 is 0 Å². The molecule has 0 radical (unpaired) electrons. The van der Waals surface area contributed by atoms with Crippen LogP contribution in [-0.4, -0.2) is 35.6 Å². The third kappa shape index (κ3) is 2.83. The van der Waals surface area contributed by atoms with E-state index in [1.54, 1.807) is 30.3 Å². The number of benzene rings is 1. The lowest BCUT2D eigenvalue weighted by molar-refractivity contribution is 0.0689. The monoisotopic (exact) mass is 346 g/mol. The summed E-state index contributed by atoms with van der Waals surface area (Å²) in [5.74, 6) is -1.45. The number of pyridine rings is 1. The van der Waals surface area contributed by atoms with Gasteiger partial charge in [0.2, 0.25) is 15.9 Å². The lowest BCUT2D eigenvalue weighted by Gasteiger charge is -2.10. The number of carboxylic acids is 1. The molecule has 8 heteroatoms. The van der Waals surface area contributed by atoms with Crippen molar-refractivity contribution in [3.05, 3.63) is 59.9 Å². The van der Waals surface area contributed by atoms with E-state index in [0.29, 0.717) is 10.9 Å². The normalized spacial score (nSPS) is 11.5. The molecule has 0 saturated carbocycles. The maximum absolute atomic E-state index is 12.8. The molecule has 0 bridgehead atoms. The number of methoxy groups -OCH3 is 1. The van der Waals surface area contributed by atoms with Gasteiger partial charge < -0.3 is 9.84 Å². The number of hydrogen-bond acceptors (Lipinski definition) is 5. The van der Waals surface area contributed by atoms with Crippen LogP contribution in [0.4, 0.5) is 0 Å². The Bertz CT molecular complexity index is 1010. The van der Waals surface area contributed by atoms with E-state index in [1.165, 1.54) is 25.4 Å². The first-order chi connectivity index (χ1) is 11.4. The number of hydrogen-bond donors (Lipinski definition) is 1. The number of nitrogens with zero attached hydrogens (tertiary/aromatic N) is 2. The number of aromatic carboxylic acids is 1. The van der Waals surface area contributed by atoms with Crippen LogP contribution in [0.1, 0.15) is 16.1 Å². The molecule has 7 nitrogen and oxygen atoms in total. The Hall–Kier alpha value is -2.87. The van der Waals surface area contributed by atoms with Crippen molar-refractivity contribution in [1.29, 1.82) is 0 Å². The van der Waals surface area contributed by atoms with Crippen LogP contribution in [0.5, 0.6) is 5.88 Å². The smallest absolute Gasteiger partial charge is 0.353 e. The standard InChI is InChI=1S/C16H14N2O5S/c1-23-15-8-13-12(9-17-15)7-14(16(19)20)18(13)24(21,22)10-11-5-3-2-4-6-11/h2-9H,10H2,1H3,(H,19,20). The zero-order chi connectivity index (χ0) is 17.3. The van der Waals surface area contributed by atoms with E-state index in [-0.39, 0.29) is 22.8 Å². The fraction of sp³-hybridized carbons (Fsp3) is 0.125. The molecular formula is C16H14N2O5S. The summed E-state index contributed by atoms with van der Waals surface area (Å²) in [5.41, 5.74) is 0.447. The predicted octanol–water partition coefficient (Wildman–Crippen LogP) is 2.12. The molecule has 0 fully saturated rings. The average molecular weight is 346 g/mol. The van der Waals surface area contributed by atoms with Crippen LogP contribution in [-0.2, 0) is 15.8 Å². The topological polar surface area (TPSA) is 98.5 Å². The summed E-state index contributed by atoms with van der Waals surface area (Å²) in [6.45, 7) is 0. The molecule has 2 aromatic heterocycles. The fourth-order valence-electron chi connectivity index (χ4n) is 2.47. The van der Waals surface area contributed by atoms with Gasteiger partial charge in [-0.1, -0.05) is 30.3 Å². The fourth-order valence-corrected chi connectivity index (χ4v) is 4.10. The second-order valence-corrected chi connectivity index (χ2v) is 6.94. The van der Waals surface area contributed by atoms with Gasteiger partial charge in [0.15, 0.2) is 0 Å². The first-order valence-corrected chi connectivity index (χ1v) is 8.59. The van der Waals surface area contributed by atoms with Crippen LogP contribution in [0.25, 0.3) is 10.9 Å². The van der Waals surface area contributed by atoms with Gasteiger partial charge in [-0.3, -0.25) is 0 Å². The summed E-state index contributed by atoms with van der Waals surface area (Å²) in [4.78, 5) is 15.5. The Morgan fingerprint density at radius 2 is 1.96 bits per heavy atom. The van der Waals surface area contributed by atoms with E-state index in [4.69, 9.17) is 4.74 Å². The molecule has 0 unspecified atom stereocenters. The lowest BCUT2D eigenvalue weighted by atomic mass is 10.2. The second kappa shape index (κ2) is 5.97. The predicted molar refractivity (Wildman–Crippen MR) is 87.7 cm³/mol. The van der Waals surface area contributed by atoms with Crippen LogP contribution in [0.15, 0.2) is 48.7 Å². The second-order valence-electron chi connectivity index (χ2n) is 5.13. The van der Waals surface area contributed by atoms with E-state index < -0.39 is 16.0 Å². The number of carbonyl (C=O) groups is 1. The zero-order valence-corrected chi connectivity index (χ0v) is 13.5. The quantitative estimate of drug-likeness (QED) is 0.760. The molecule has 3 aromatic rings. The molecule has 0 aliphatic rings. The summed E-state index contributed by atoms with van der Waals surface area (Å²) in [5, 5.41) is 9.79. The van der Waals surface area contributed by atoms with E-state index in [1.807, 2.05) is 0 Å². The van der Waals surface area contributed by atoms with E-state index >= 15 is 0 Å². The van der Waals surface area contributed by atoms with Gasteiger partial charge in [-0.2, -0.15) is 0 Å². The van der Waals surface area contributed by atoms with E-state index in [2.05, 4.69) is 4.98 Å². The van der Waals surface area contributed by atoms with E-state index in [9.17, 15) is 18.3 Å². The van der Waals surface area contributed by atoms with Gasteiger partial charge in [0, 0.05) is 17.6 Å². The maximum Gasteiger partial charge on any atom is 0.353 e. The Morgan fingerprint density at radius 3 is 2.58 bits per heavy atom. The van der Waals surface area contributed by atoms with Gasteiger partial charge in [-0.25, -0.2) is 22.2 Å². The summed E-state index contributed by atoms with van der Waals surface area (Å²) in [7, 11) is -2.54. The molecule has 2 heterocycles. The van der Waals surface area contributed by atoms with E-state index in [0.717, 1.165) is 3.97 Å². The minimum Gasteiger partial charge on any atom is -0.481 e. The highest BCUT2D eigenvalue weighted by Crippen LogP contribution is 2.26. The summed E-state index contributed by atoms with van der Waals surface area (Å²) in [6.07, 6.45) is 1.38. The molecule has 0 spiro atoms. The molecule has 124 valence electrons. The number of rotatable bonds is 5. The third-order valence-corrected chi connectivity index (χ3v) is 5.16. The molecule has 0 aliphatic carbocycles. The highest BCUT2D eigenvalue weighted by molar-refractivity contribution is 7.89. The summed E-state index contributed by atoms with van der Waals surface area (Å²) >= 11 is 0. The van der Waals surface area contributed by atoms with Crippen molar-refractivity contribution in [2.45, 2.75) is 5.75 Å². The van der Waals surface area contributed by atoms with Crippen molar-refractivity contribution in [3.8, 4) is 5.88 Å². The maximum atomic E-state index is 12.8. The summed E-state index contributed by atoms with van der Waals surface area (Å²) < 4.78 is 31.5. The van der Waals surface area contributed by atoms with Gasteiger partial charge in [0.05, 0.1) is 18.4 Å². The van der Waals surface area contributed by atoms with Crippen LogP contribution < -0.4 is 4.74 Å². The van der Waals surface area contributed by atoms with Gasteiger partial charge in [0.1, 0.15) is 5.69 Å². The molecule has 0 saturated heterocycles. The SMILES string of the molecule is COc1cc2c(cn1)cc(C(=O)O)n2S(=O)(=O)Cc1ccccc1. The first kappa shape index (κ1) is 16.0. The number of carboxylic acid groups (broad SMARTS) is 1. The van der Waals surface area contributed by atoms with Gasteiger partial charge in [-0.15, -0.1) is 0 Å². The minimum absolute atomic E-state index is 0.202. The Kier molecular flexibility index (Phi) is 3.98. The van der Waals surface area contributed by atoms with Crippen molar-refractivity contribution in [3.63, 3.8) is 0 Å². The van der Waals surface area contributed by atoms with Gasteiger partial charge in [0.25, 0.3) is 0 Å². The van der Waals surface area contributed by atoms with Crippen molar-refractivity contribution in [2.24, 2.45) is 0 Å². The van der Waals surface area contributed by atoms with Gasteiger partial charge in [-0.05, 0) is 11.6 Å². The molecule has 0 amide bonds.